The molecule has 1 saturated carbocycles. The van der Waals surface area contributed by atoms with Gasteiger partial charge < -0.3 is 16.0 Å². The van der Waals surface area contributed by atoms with Crippen molar-refractivity contribution >= 4 is 17.3 Å². The number of nitrogens with zero attached hydrogens (tertiary/aromatic N) is 1. The number of nitrogens with two attached hydrogens (primary N) is 1. The van der Waals surface area contributed by atoms with E-state index in [1.165, 1.54) is 32.1 Å². The first kappa shape index (κ1) is 14.2. The summed E-state index contributed by atoms with van der Waals surface area (Å²) in [4.78, 5) is 14.4. The van der Waals surface area contributed by atoms with Gasteiger partial charge in [0.15, 0.2) is 0 Å². The van der Waals surface area contributed by atoms with Crippen LogP contribution in [-0.4, -0.2) is 25.0 Å². The van der Waals surface area contributed by atoms with Crippen molar-refractivity contribution in [2.45, 2.75) is 45.1 Å². The molecule has 0 aromatic heterocycles. The molecule has 0 bridgehead atoms. The minimum atomic E-state index is -0.0484. The normalized spacial score (nSPS) is 24.7. The quantitative estimate of drug-likeness (QED) is 0.840. The Morgan fingerprint density at radius 3 is 2.90 bits per heavy atom. The average molecular weight is 287 g/mol. The van der Waals surface area contributed by atoms with Gasteiger partial charge >= 0.3 is 0 Å². The number of amides is 1. The fraction of sp³-hybridized carbons (Fsp3) is 0.588. The van der Waals surface area contributed by atoms with Gasteiger partial charge in [-0.1, -0.05) is 12.8 Å². The molecule has 2 aliphatic rings. The maximum absolute atomic E-state index is 11.9. The minimum Gasteiger partial charge on any atom is -0.397 e. The van der Waals surface area contributed by atoms with Gasteiger partial charge in [-0.3, -0.25) is 4.79 Å². The molecule has 0 radical (unpaired) electrons. The molecule has 21 heavy (non-hydrogen) atoms. The van der Waals surface area contributed by atoms with Crippen molar-refractivity contribution in [1.29, 1.82) is 0 Å². The number of nitrogens with one attached hydrogen (secondary N) is 1. The SMILES string of the molecule is CCNC(=O)c1ccc(N2CCC3CCCCC32)c(N)c1. The van der Waals surface area contributed by atoms with Crippen LogP contribution in [-0.2, 0) is 0 Å². The van der Waals surface area contributed by atoms with Gasteiger partial charge in [0.1, 0.15) is 0 Å². The Morgan fingerprint density at radius 1 is 1.33 bits per heavy atom. The van der Waals surface area contributed by atoms with Crippen molar-refractivity contribution < 1.29 is 4.79 Å². The third kappa shape index (κ3) is 2.71. The zero-order chi connectivity index (χ0) is 14.8. The number of hydrogen-bond acceptors (Lipinski definition) is 3. The van der Waals surface area contributed by atoms with E-state index in [-0.39, 0.29) is 5.91 Å². The highest BCUT2D eigenvalue weighted by atomic mass is 16.1. The van der Waals surface area contributed by atoms with Gasteiger partial charge in [-0.2, -0.15) is 0 Å². The van der Waals surface area contributed by atoms with E-state index in [9.17, 15) is 4.79 Å². The fourth-order valence-corrected chi connectivity index (χ4v) is 3.92. The first-order chi connectivity index (χ1) is 10.2. The molecule has 4 nitrogen and oxygen atoms in total. The summed E-state index contributed by atoms with van der Waals surface area (Å²) in [6, 6.07) is 6.39. The predicted molar refractivity (Wildman–Crippen MR) is 86.6 cm³/mol. The highest BCUT2D eigenvalue weighted by molar-refractivity contribution is 5.96. The van der Waals surface area contributed by atoms with Crippen molar-refractivity contribution in [2.75, 3.05) is 23.7 Å². The molecule has 2 fully saturated rings. The van der Waals surface area contributed by atoms with Crippen LogP contribution in [0.5, 0.6) is 0 Å². The monoisotopic (exact) mass is 287 g/mol. The number of benzene rings is 1. The first-order valence-electron chi connectivity index (χ1n) is 8.15. The first-order valence-corrected chi connectivity index (χ1v) is 8.15. The van der Waals surface area contributed by atoms with Crippen LogP contribution in [0.2, 0.25) is 0 Å². The number of nitrogen functional groups attached to an aromatic ring is 1. The van der Waals surface area contributed by atoms with E-state index in [4.69, 9.17) is 5.73 Å². The lowest BCUT2D eigenvalue weighted by Crippen LogP contribution is -2.35. The Morgan fingerprint density at radius 2 is 2.14 bits per heavy atom. The Balaban J connectivity index is 1.81. The number of rotatable bonds is 3. The second kappa shape index (κ2) is 5.96. The summed E-state index contributed by atoms with van der Waals surface area (Å²) >= 11 is 0. The molecule has 1 aromatic carbocycles. The molecule has 0 spiro atoms. The van der Waals surface area contributed by atoms with Gasteiger partial charge in [-0.05, 0) is 50.3 Å². The highest BCUT2D eigenvalue weighted by Crippen LogP contribution is 2.40. The summed E-state index contributed by atoms with van der Waals surface area (Å²) in [5.74, 6) is 0.786. The molecule has 2 unspecified atom stereocenters. The van der Waals surface area contributed by atoms with E-state index in [1.807, 2.05) is 25.1 Å². The zero-order valence-electron chi connectivity index (χ0n) is 12.8. The van der Waals surface area contributed by atoms with E-state index in [1.54, 1.807) is 0 Å². The summed E-state index contributed by atoms with van der Waals surface area (Å²) in [5, 5.41) is 2.82. The fourth-order valence-electron chi connectivity index (χ4n) is 3.92. The lowest BCUT2D eigenvalue weighted by Gasteiger charge is -2.33. The van der Waals surface area contributed by atoms with Crippen molar-refractivity contribution in [3.8, 4) is 0 Å². The Labute approximate surface area is 126 Å². The molecular formula is C17H25N3O. The highest BCUT2D eigenvalue weighted by Gasteiger charge is 2.36. The molecule has 1 amide bonds. The third-order valence-electron chi connectivity index (χ3n) is 4.95. The minimum absolute atomic E-state index is 0.0484. The molecule has 3 rings (SSSR count). The van der Waals surface area contributed by atoms with Gasteiger partial charge in [-0.15, -0.1) is 0 Å². The smallest absolute Gasteiger partial charge is 0.251 e. The van der Waals surface area contributed by atoms with Gasteiger partial charge in [0.25, 0.3) is 5.91 Å². The summed E-state index contributed by atoms with van der Waals surface area (Å²) in [6.07, 6.45) is 6.62. The third-order valence-corrected chi connectivity index (χ3v) is 4.95. The van der Waals surface area contributed by atoms with Crippen molar-refractivity contribution in [1.82, 2.24) is 5.32 Å². The van der Waals surface area contributed by atoms with E-state index >= 15 is 0 Å². The number of carbonyl (C=O) groups excluding carboxylic acids is 1. The topological polar surface area (TPSA) is 58.4 Å². The zero-order valence-corrected chi connectivity index (χ0v) is 12.8. The van der Waals surface area contributed by atoms with E-state index in [0.717, 1.165) is 23.8 Å². The van der Waals surface area contributed by atoms with E-state index < -0.39 is 0 Å². The number of hydrogen-bond donors (Lipinski definition) is 2. The van der Waals surface area contributed by atoms with Crippen LogP contribution in [0.15, 0.2) is 18.2 Å². The Kier molecular flexibility index (Phi) is 4.04. The van der Waals surface area contributed by atoms with Crippen LogP contribution < -0.4 is 16.0 Å². The van der Waals surface area contributed by atoms with Crippen LogP contribution >= 0.6 is 0 Å². The maximum atomic E-state index is 11.9. The summed E-state index contributed by atoms with van der Waals surface area (Å²) < 4.78 is 0. The largest absolute Gasteiger partial charge is 0.397 e. The second-order valence-electron chi connectivity index (χ2n) is 6.23. The predicted octanol–water partition coefficient (Wildman–Crippen LogP) is 2.79. The lowest BCUT2D eigenvalue weighted by atomic mass is 9.85. The number of fused-ring (bicyclic) bond motifs is 1. The van der Waals surface area contributed by atoms with Gasteiger partial charge in [0.2, 0.25) is 0 Å². The van der Waals surface area contributed by atoms with Crippen LogP contribution in [0.3, 0.4) is 0 Å². The van der Waals surface area contributed by atoms with E-state index in [2.05, 4.69) is 10.2 Å². The lowest BCUT2D eigenvalue weighted by molar-refractivity contribution is 0.0956. The summed E-state index contributed by atoms with van der Waals surface area (Å²) in [7, 11) is 0. The maximum Gasteiger partial charge on any atom is 0.251 e. The Bertz CT molecular complexity index is 529. The van der Waals surface area contributed by atoms with E-state index in [0.29, 0.717) is 18.2 Å². The average Bonchev–Trinajstić information content (AvgIpc) is 2.91. The summed E-state index contributed by atoms with van der Waals surface area (Å²) in [5.41, 5.74) is 8.72. The molecule has 1 heterocycles. The van der Waals surface area contributed by atoms with Gasteiger partial charge in [0.05, 0.1) is 11.4 Å². The van der Waals surface area contributed by atoms with Crippen molar-refractivity contribution in [2.24, 2.45) is 5.92 Å². The van der Waals surface area contributed by atoms with Crippen LogP contribution in [0, 0.1) is 5.92 Å². The van der Waals surface area contributed by atoms with Crippen molar-refractivity contribution in [3.63, 3.8) is 0 Å². The van der Waals surface area contributed by atoms with Crippen molar-refractivity contribution in [3.05, 3.63) is 23.8 Å². The van der Waals surface area contributed by atoms with Gasteiger partial charge in [-0.25, -0.2) is 0 Å². The summed E-state index contributed by atoms with van der Waals surface area (Å²) in [6.45, 7) is 3.65. The second-order valence-corrected chi connectivity index (χ2v) is 6.23. The van der Waals surface area contributed by atoms with Gasteiger partial charge in [0, 0.05) is 24.7 Å². The molecule has 4 heteroatoms. The number of carbonyl (C=O) groups is 1. The molecule has 1 aliphatic heterocycles. The Hall–Kier alpha value is -1.71. The molecule has 3 N–H and O–H groups in total. The molecule has 1 saturated heterocycles. The van der Waals surface area contributed by atoms with Crippen LogP contribution in [0.1, 0.15) is 49.4 Å². The van der Waals surface area contributed by atoms with Crippen LogP contribution in [0.4, 0.5) is 11.4 Å². The number of anilines is 2. The van der Waals surface area contributed by atoms with Crippen LogP contribution in [0.25, 0.3) is 0 Å². The molecule has 114 valence electrons. The molecule has 1 aromatic rings. The molecule has 2 atom stereocenters. The molecule has 1 aliphatic carbocycles. The standard InChI is InChI=1S/C17H25N3O/c1-2-19-17(21)13-7-8-16(14(18)11-13)20-10-9-12-5-3-4-6-15(12)20/h7-8,11-12,15H,2-6,9-10,18H2,1H3,(H,19,21). The molecular weight excluding hydrogens is 262 g/mol.